The third-order valence-electron chi connectivity index (χ3n) is 3.24. The normalized spacial score (nSPS) is 14.1. The third-order valence-corrected chi connectivity index (χ3v) is 4.29. The molecule has 1 saturated carbocycles. The van der Waals surface area contributed by atoms with Gasteiger partial charge in [0.1, 0.15) is 5.52 Å². The van der Waals surface area contributed by atoms with Crippen LogP contribution in [0, 0.1) is 0 Å². The van der Waals surface area contributed by atoms with Gasteiger partial charge < -0.3 is 16.0 Å². The summed E-state index contributed by atoms with van der Waals surface area (Å²) >= 11 is 1.74. The summed E-state index contributed by atoms with van der Waals surface area (Å²) in [4.78, 5) is 20.0. The van der Waals surface area contributed by atoms with Gasteiger partial charge in [0.15, 0.2) is 11.5 Å². The van der Waals surface area contributed by atoms with Gasteiger partial charge in [0.2, 0.25) is 5.95 Å². The second-order valence-corrected chi connectivity index (χ2v) is 5.73. The van der Waals surface area contributed by atoms with Gasteiger partial charge in [0, 0.05) is 11.3 Å². The summed E-state index contributed by atoms with van der Waals surface area (Å²) in [6.07, 6.45) is 4.13. The highest BCUT2D eigenvalue weighted by Crippen LogP contribution is 2.41. The maximum absolute atomic E-state index is 5.68. The highest BCUT2D eigenvalue weighted by molar-refractivity contribution is 14.0. The molecule has 0 aliphatic heterocycles. The summed E-state index contributed by atoms with van der Waals surface area (Å²) < 4.78 is 0. The number of hydrogen-bond acceptors (Lipinski definition) is 7. The van der Waals surface area contributed by atoms with E-state index in [9.17, 15) is 0 Å². The number of aromatic amines is 1. The molecule has 7 nitrogen and oxygen atoms in total. The zero-order valence-corrected chi connectivity index (χ0v) is 14.2. The molecule has 3 heterocycles. The van der Waals surface area contributed by atoms with E-state index in [2.05, 4.69) is 35.6 Å². The van der Waals surface area contributed by atoms with Crippen molar-refractivity contribution in [3.8, 4) is 0 Å². The summed E-state index contributed by atoms with van der Waals surface area (Å²) in [6.45, 7) is 0.619. The fourth-order valence-electron chi connectivity index (χ4n) is 2.07. The van der Waals surface area contributed by atoms with E-state index in [0.29, 0.717) is 23.9 Å². The van der Waals surface area contributed by atoms with E-state index in [1.54, 1.807) is 17.7 Å². The topological polar surface area (TPSA) is 105 Å². The summed E-state index contributed by atoms with van der Waals surface area (Å²) in [5, 5.41) is 6.58. The van der Waals surface area contributed by atoms with Gasteiger partial charge in [-0.1, -0.05) is 0 Å². The van der Waals surface area contributed by atoms with Crippen LogP contribution >= 0.6 is 35.3 Å². The minimum absolute atomic E-state index is 0. The van der Waals surface area contributed by atoms with Crippen LogP contribution in [0.15, 0.2) is 11.7 Å². The number of anilines is 2. The van der Waals surface area contributed by atoms with Gasteiger partial charge in [-0.2, -0.15) is 9.97 Å². The molecule has 4 rings (SSSR count). The van der Waals surface area contributed by atoms with Crippen molar-refractivity contribution in [1.82, 2.24) is 24.9 Å². The van der Waals surface area contributed by atoms with Gasteiger partial charge >= 0.3 is 0 Å². The van der Waals surface area contributed by atoms with Crippen molar-refractivity contribution in [3.63, 3.8) is 0 Å². The maximum atomic E-state index is 5.68. The number of nitrogens with one attached hydrogen (secondary N) is 2. The van der Waals surface area contributed by atoms with E-state index >= 15 is 0 Å². The molecule has 0 spiro atoms. The standard InChI is InChI=1S/C12H13N7S.HI/c13-12-18-9(8-10(19-12)16-5-15-8)14-3-7-4-20-11(17-7)6-1-2-6;/h4-6H,1-3H2,(H4,13,14,15,16,18,19);1H. The molecular weight excluding hydrogens is 401 g/mol. The van der Waals surface area contributed by atoms with Crippen molar-refractivity contribution in [1.29, 1.82) is 0 Å². The van der Waals surface area contributed by atoms with Gasteiger partial charge in [-0.3, -0.25) is 0 Å². The molecule has 21 heavy (non-hydrogen) atoms. The number of halogens is 1. The monoisotopic (exact) mass is 415 g/mol. The highest BCUT2D eigenvalue weighted by atomic mass is 127. The second kappa shape index (κ2) is 5.72. The summed E-state index contributed by atoms with van der Waals surface area (Å²) in [5.74, 6) is 1.57. The number of imidazole rings is 1. The number of aromatic nitrogens is 5. The molecule has 0 unspecified atom stereocenters. The van der Waals surface area contributed by atoms with Crippen LogP contribution in [0.5, 0.6) is 0 Å². The number of hydrogen-bond donors (Lipinski definition) is 3. The van der Waals surface area contributed by atoms with E-state index in [4.69, 9.17) is 5.73 Å². The molecule has 9 heteroatoms. The van der Waals surface area contributed by atoms with Crippen molar-refractivity contribution in [3.05, 3.63) is 22.4 Å². The van der Waals surface area contributed by atoms with Crippen LogP contribution in [0.3, 0.4) is 0 Å². The summed E-state index contributed by atoms with van der Waals surface area (Å²) in [6, 6.07) is 0. The first kappa shape index (κ1) is 14.4. The lowest BCUT2D eigenvalue weighted by atomic mass is 10.4. The SMILES string of the molecule is I.Nc1nc(NCc2csc(C3CC3)n2)c2[nH]cnc2n1. The Morgan fingerprint density at radius 2 is 2.19 bits per heavy atom. The number of fused-ring (bicyclic) bond motifs is 1. The lowest BCUT2D eigenvalue weighted by molar-refractivity contribution is 0.995. The predicted octanol–water partition coefficient (Wildman–Crippen LogP) is 2.50. The lowest BCUT2D eigenvalue weighted by Crippen LogP contribution is -2.05. The predicted molar refractivity (Wildman–Crippen MR) is 92.9 cm³/mol. The average Bonchev–Trinajstić information content (AvgIpc) is 2.99. The molecule has 1 aliphatic rings. The Hall–Kier alpha value is -1.49. The van der Waals surface area contributed by atoms with Crippen molar-refractivity contribution < 1.29 is 0 Å². The number of nitrogens with two attached hydrogens (primary N) is 1. The first-order valence-corrected chi connectivity index (χ1v) is 7.32. The van der Waals surface area contributed by atoms with E-state index in [1.807, 2.05) is 0 Å². The molecule has 0 radical (unpaired) electrons. The first-order chi connectivity index (χ1) is 9.79. The molecule has 3 aromatic rings. The fraction of sp³-hybridized carbons (Fsp3) is 0.333. The van der Waals surface area contributed by atoms with Crippen LogP contribution in [-0.2, 0) is 6.54 Å². The zero-order chi connectivity index (χ0) is 13.5. The van der Waals surface area contributed by atoms with Crippen molar-refractivity contribution >= 4 is 58.2 Å². The van der Waals surface area contributed by atoms with Crippen LogP contribution < -0.4 is 11.1 Å². The molecule has 0 atom stereocenters. The van der Waals surface area contributed by atoms with E-state index < -0.39 is 0 Å². The number of thiazole rings is 1. The van der Waals surface area contributed by atoms with Crippen LogP contribution in [0.1, 0.15) is 29.5 Å². The molecule has 0 saturated heterocycles. The molecule has 0 bridgehead atoms. The number of H-pyrrole nitrogens is 1. The van der Waals surface area contributed by atoms with Crippen LogP contribution in [-0.4, -0.2) is 24.9 Å². The van der Waals surface area contributed by atoms with Gasteiger partial charge in [-0.25, -0.2) is 9.97 Å². The maximum Gasteiger partial charge on any atom is 0.224 e. The second-order valence-electron chi connectivity index (χ2n) is 4.84. The van der Waals surface area contributed by atoms with Crippen LogP contribution in [0.25, 0.3) is 11.2 Å². The van der Waals surface area contributed by atoms with Gasteiger partial charge in [-0.05, 0) is 12.8 Å². The third kappa shape index (κ3) is 2.93. The number of nitrogens with zero attached hydrogens (tertiary/aromatic N) is 4. The zero-order valence-electron chi connectivity index (χ0n) is 11.0. The Labute approximate surface area is 141 Å². The Balaban J connectivity index is 0.00000132. The number of rotatable bonds is 4. The Morgan fingerprint density at radius 1 is 1.33 bits per heavy atom. The van der Waals surface area contributed by atoms with Gasteiger partial charge in [0.05, 0.1) is 23.6 Å². The molecule has 1 fully saturated rings. The van der Waals surface area contributed by atoms with Crippen LogP contribution in [0.2, 0.25) is 0 Å². The van der Waals surface area contributed by atoms with Crippen LogP contribution in [0.4, 0.5) is 11.8 Å². The van der Waals surface area contributed by atoms with Gasteiger partial charge in [0.25, 0.3) is 0 Å². The van der Waals surface area contributed by atoms with Crippen molar-refractivity contribution in [2.45, 2.75) is 25.3 Å². The fourth-order valence-corrected chi connectivity index (χ4v) is 3.06. The summed E-state index contributed by atoms with van der Waals surface area (Å²) in [5.41, 5.74) is 8.03. The molecule has 110 valence electrons. The largest absolute Gasteiger partial charge is 0.368 e. The van der Waals surface area contributed by atoms with E-state index in [1.165, 1.54) is 17.8 Å². The molecule has 1 aliphatic carbocycles. The highest BCUT2D eigenvalue weighted by Gasteiger charge is 2.26. The number of nitrogen functional groups attached to an aromatic ring is 1. The molecule has 0 aromatic carbocycles. The van der Waals surface area contributed by atoms with Crippen molar-refractivity contribution in [2.75, 3.05) is 11.1 Å². The summed E-state index contributed by atoms with van der Waals surface area (Å²) in [7, 11) is 0. The van der Waals surface area contributed by atoms with Gasteiger partial charge in [-0.15, -0.1) is 35.3 Å². The quantitative estimate of drug-likeness (QED) is 0.566. The Bertz CT molecular complexity index is 764. The Morgan fingerprint density at radius 3 is 3.00 bits per heavy atom. The Kier molecular flexibility index (Phi) is 3.93. The van der Waals surface area contributed by atoms with E-state index in [-0.39, 0.29) is 29.9 Å². The minimum atomic E-state index is 0. The molecule has 0 amide bonds. The van der Waals surface area contributed by atoms with E-state index in [0.717, 1.165) is 11.2 Å². The van der Waals surface area contributed by atoms with Crippen molar-refractivity contribution in [2.24, 2.45) is 0 Å². The average molecular weight is 415 g/mol. The minimum Gasteiger partial charge on any atom is -0.368 e. The molecule has 4 N–H and O–H groups in total. The smallest absolute Gasteiger partial charge is 0.224 e. The molecular formula is C12H14IN7S. The lowest BCUT2D eigenvalue weighted by Gasteiger charge is -2.05. The first-order valence-electron chi connectivity index (χ1n) is 6.44. The molecule has 3 aromatic heterocycles.